The molecular weight excluding hydrogens is 366 g/mol. The van der Waals surface area contributed by atoms with Crippen molar-refractivity contribution in [2.45, 2.75) is 18.7 Å². The Balaban J connectivity index is 1.88. The van der Waals surface area contributed by atoms with Crippen LogP contribution >= 0.6 is 11.8 Å². The van der Waals surface area contributed by atoms with Gasteiger partial charge in [-0.05, 0) is 50.2 Å². The van der Waals surface area contributed by atoms with Crippen LogP contribution in [0.5, 0.6) is 0 Å². The van der Waals surface area contributed by atoms with E-state index >= 15 is 0 Å². The Kier molecular flexibility index (Phi) is 7.36. The number of hydrogen-bond donors (Lipinski definition) is 1. The van der Waals surface area contributed by atoms with Crippen LogP contribution in [0.15, 0.2) is 53.4 Å². The minimum absolute atomic E-state index is 0.0168. The summed E-state index contributed by atoms with van der Waals surface area (Å²) in [4.78, 5) is 37.0. The number of anilines is 1. The van der Waals surface area contributed by atoms with E-state index in [9.17, 15) is 19.7 Å². The number of nitro benzene ring substituents is 1. The van der Waals surface area contributed by atoms with E-state index in [1.165, 1.54) is 23.9 Å². The summed E-state index contributed by atoms with van der Waals surface area (Å²) < 4.78 is 0. The van der Waals surface area contributed by atoms with E-state index in [2.05, 4.69) is 5.32 Å². The van der Waals surface area contributed by atoms with Crippen molar-refractivity contribution in [1.29, 1.82) is 0 Å². The molecule has 0 aliphatic heterocycles. The maximum absolute atomic E-state index is 12.3. The third kappa shape index (κ3) is 5.82. The maximum Gasteiger partial charge on any atom is 0.269 e. The Morgan fingerprint density at radius 2 is 1.63 bits per heavy atom. The van der Waals surface area contributed by atoms with E-state index in [0.29, 0.717) is 24.3 Å². The van der Waals surface area contributed by atoms with Crippen LogP contribution in [-0.4, -0.2) is 40.5 Å². The molecule has 2 amide bonds. The number of rotatable bonds is 8. The van der Waals surface area contributed by atoms with E-state index in [1.54, 1.807) is 41.3 Å². The molecule has 0 fully saturated rings. The fraction of sp³-hybridized carbons (Fsp3) is 0.263. The Hall–Kier alpha value is -2.87. The predicted molar refractivity (Wildman–Crippen MR) is 106 cm³/mol. The first-order chi connectivity index (χ1) is 12.9. The minimum atomic E-state index is -0.463. The summed E-state index contributed by atoms with van der Waals surface area (Å²) in [6.07, 6.45) is 0. The fourth-order valence-corrected chi connectivity index (χ4v) is 3.10. The number of nitro groups is 1. The molecule has 1 N–H and O–H groups in total. The zero-order chi connectivity index (χ0) is 19.8. The Morgan fingerprint density at radius 3 is 2.15 bits per heavy atom. The van der Waals surface area contributed by atoms with Crippen molar-refractivity contribution in [2.75, 3.05) is 24.2 Å². The molecule has 2 aromatic carbocycles. The number of non-ortho nitro benzene ring substituents is 1. The largest absolute Gasteiger partial charge is 0.339 e. The summed E-state index contributed by atoms with van der Waals surface area (Å²) in [6, 6.07) is 12.8. The van der Waals surface area contributed by atoms with Gasteiger partial charge >= 0.3 is 0 Å². The number of nitrogens with one attached hydrogen (secondary N) is 1. The zero-order valence-corrected chi connectivity index (χ0v) is 16.0. The second-order valence-electron chi connectivity index (χ2n) is 5.64. The van der Waals surface area contributed by atoms with Gasteiger partial charge in [0, 0.05) is 41.4 Å². The summed E-state index contributed by atoms with van der Waals surface area (Å²) in [7, 11) is 0. The highest BCUT2D eigenvalue weighted by Gasteiger charge is 2.12. The van der Waals surface area contributed by atoms with Gasteiger partial charge in [-0.15, -0.1) is 11.8 Å². The second kappa shape index (κ2) is 9.72. The van der Waals surface area contributed by atoms with Crippen LogP contribution in [0.3, 0.4) is 0 Å². The first-order valence-corrected chi connectivity index (χ1v) is 9.49. The molecule has 8 heteroatoms. The highest BCUT2D eigenvalue weighted by atomic mass is 32.2. The van der Waals surface area contributed by atoms with E-state index in [-0.39, 0.29) is 23.3 Å². The SMILES string of the molecule is CCN(CC)C(=O)c1ccc(NC(=O)CSc2ccc([N+](=O)[O-])cc2)cc1. The maximum atomic E-state index is 12.3. The summed E-state index contributed by atoms with van der Waals surface area (Å²) >= 11 is 1.29. The predicted octanol–water partition coefficient (Wildman–Crippen LogP) is 3.81. The topological polar surface area (TPSA) is 92.6 Å². The zero-order valence-electron chi connectivity index (χ0n) is 15.2. The molecule has 0 saturated heterocycles. The van der Waals surface area contributed by atoms with Gasteiger partial charge < -0.3 is 10.2 Å². The highest BCUT2D eigenvalue weighted by Crippen LogP contribution is 2.21. The van der Waals surface area contributed by atoms with Crippen molar-refractivity contribution in [3.8, 4) is 0 Å². The summed E-state index contributed by atoms with van der Waals surface area (Å²) in [5.74, 6) is -0.0504. The highest BCUT2D eigenvalue weighted by molar-refractivity contribution is 8.00. The van der Waals surface area contributed by atoms with Crippen LogP contribution in [0, 0.1) is 10.1 Å². The molecule has 0 heterocycles. The summed E-state index contributed by atoms with van der Waals surface area (Å²) in [5, 5.41) is 13.4. The third-order valence-electron chi connectivity index (χ3n) is 3.88. The molecule has 2 aromatic rings. The molecule has 0 saturated carbocycles. The minimum Gasteiger partial charge on any atom is -0.339 e. The normalized spacial score (nSPS) is 10.3. The smallest absolute Gasteiger partial charge is 0.269 e. The lowest BCUT2D eigenvalue weighted by Gasteiger charge is -2.18. The van der Waals surface area contributed by atoms with Crippen LogP contribution in [0.25, 0.3) is 0 Å². The van der Waals surface area contributed by atoms with Gasteiger partial charge in [0.1, 0.15) is 0 Å². The molecule has 0 unspecified atom stereocenters. The summed E-state index contributed by atoms with van der Waals surface area (Å²) in [5.41, 5.74) is 1.21. The number of thioether (sulfide) groups is 1. The van der Waals surface area contributed by atoms with Crippen LogP contribution in [0.4, 0.5) is 11.4 Å². The molecule has 0 atom stereocenters. The summed E-state index contributed by atoms with van der Waals surface area (Å²) in [6.45, 7) is 5.15. The Labute approximate surface area is 161 Å². The van der Waals surface area contributed by atoms with Gasteiger partial charge in [0.05, 0.1) is 10.7 Å². The van der Waals surface area contributed by atoms with Gasteiger partial charge in [0.15, 0.2) is 0 Å². The van der Waals surface area contributed by atoms with Crippen LogP contribution in [0.2, 0.25) is 0 Å². The lowest BCUT2D eigenvalue weighted by Crippen LogP contribution is -2.30. The number of hydrogen-bond acceptors (Lipinski definition) is 5. The first kappa shape index (κ1) is 20.4. The van der Waals surface area contributed by atoms with Crippen molar-refractivity contribution in [3.05, 3.63) is 64.2 Å². The van der Waals surface area contributed by atoms with Crippen LogP contribution in [-0.2, 0) is 4.79 Å². The number of amides is 2. The van der Waals surface area contributed by atoms with E-state index in [0.717, 1.165) is 4.90 Å². The average Bonchev–Trinajstić information content (AvgIpc) is 2.68. The lowest BCUT2D eigenvalue weighted by atomic mass is 10.2. The molecule has 27 heavy (non-hydrogen) atoms. The molecule has 0 bridgehead atoms. The monoisotopic (exact) mass is 387 g/mol. The lowest BCUT2D eigenvalue weighted by molar-refractivity contribution is -0.384. The van der Waals surface area contributed by atoms with Crippen molar-refractivity contribution in [2.24, 2.45) is 0 Å². The van der Waals surface area contributed by atoms with Gasteiger partial charge in [-0.25, -0.2) is 0 Å². The molecular formula is C19H21N3O4S. The second-order valence-corrected chi connectivity index (χ2v) is 6.69. The van der Waals surface area contributed by atoms with Crippen molar-refractivity contribution < 1.29 is 14.5 Å². The third-order valence-corrected chi connectivity index (χ3v) is 4.90. The number of benzene rings is 2. The molecule has 0 aliphatic carbocycles. The molecule has 0 spiro atoms. The average molecular weight is 387 g/mol. The Morgan fingerprint density at radius 1 is 1.04 bits per heavy atom. The molecule has 0 radical (unpaired) electrons. The van der Waals surface area contributed by atoms with E-state index in [4.69, 9.17) is 0 Å². The number of carbonyl (C=O) groups is 2. The van der Waals surface area contributed by atoms with Gasteiger partial charge in [0.25, 0.3) is 11.6 Å². The van der Waals surface area contributed by atoms with E-state index in [1.807, 2.05) is 13.8 Å². The Bertz CT molecular complexity index is 803. The standard InChI is InChI=1S/C19H21N3O4S/c1-3-21(4-2)19(24)14-5-7-15(8-6-14)20-18(23)13-27-17-11-9-16(10-12-17)22(25)26/h5-12H,3-4,13H2,1-2H3,(H,20,23). The van der Waals surface area contributed by atoms with Crippen molar-refractivity contribution >= 4 is 35.0 Å². The van der Waals surface area contributed by atoms with E-state index < -0.39 is 4.92 Å². The van der Waals surface area contributed by atoms with Gasteiger partial charge in [0.2, 0.25) is 5.91 Å². The molecule has 0 aromatic heterocycles. The molecule has 7 nitrogen and oxygen atoms in total. The van der Waals surface area contributed by atoms with Crippen LogP contribution in [0.1, 0.15) is 24.2 Å². The van der Waals surface area contributed by atoms with Crippen molar-refractivity contribution in [3.63, 3.8) is 0 Å². The van der Waals surface area contributed by atoms with Crippen LogP contribution < -0.4 is 5.32 Å². The van der Waals surface area contributed by atoms with Crippen molar-refractivity contribution in [1.82, 2.24) is 4.90 Å². The molecule has 2 rings (SSSR count). The van der Waals surface area contributed by atoms with Gasteiger partial charge in [-0.1, -0.05) is 0 Å². The number of carbonyl (C=O) groups excluding carboxylic acids is 2. The number of nitrogens with zero attached hydrogens (tertiary/aromatic N) is 2. The quantitative estimate of drug-likeness (QED) is 0.422. The molecule has 142 valence electrons. The van der Waals surface area contributed by atoms with Gasteiger partial charge in [-0.3, -0.25) is 19.7 Å². The van der Waals surface area contributed by atoms with Gasteiger partial charge in [-0.2, -0.15) is 0 Å². The first-order valence-electron chi connectivity index (χ1n) is 8.51. The molecule has 0 aliphatic rings. The fourth-order valence-electron chi connectivity index (χ4n) is 2.40.